The molecule has 0 amide bonds. The van der Waals surface area contributed by atoms with Gasteiger partial charge in [0.2, 0.25) is 0 Å². The van der Waals surface area contributed by atoms with Crippen LogP contribution in [0.5, 0.6) is 0 Å². The number of rotatable bonds is 3. The molecule has 1 aromatic rings. The Morgan fingerprint density at radius 2 is 2.46 bits per heavy atom. The van der Waals surface area contributed by atoms with Gasteiger partial charge >= 0.3 is 0 Å². The van der Waals surface area contributed by atoms with E-state index in [2.05, 4.69) is 19.4 Å². The number of nitrogen functional groups attached to an aromatic ring is 1. The first-order valence-electron chi connectivity index (χ1n) is 2.86. The smallest absolute Gasteiger partial charge is 0.180 e. The van der Waals surface area contributed by atoms with Crippen molar-refractivity contribution in [2.24, 2.45) is 5.16 Å². The Morgan fingerprint density at radius 1 is 1.77 bits per heavy atom. The maximum atomic E-state index is 10.3. The maximum Gasteiger partial charge on any atom is 0.180 e. The van der Waals surface area contributed by atoms with Gasteiger partial charge in [0.1, 0.15) is 7.11 Å². The summed E-state index contributed by atoms with van der Waals surface area (Å²) in [5, 5.41) is 3.61. The van der Waals surface area contributed by atoms with E-state index in [1.54, 1.807) is 0 Å². The molecule has 0 saturated heterocycles. The molecule has 6 nitrogen and oxygen atoms in total. The van der Waals surface area contributed by atoms with Gasteiger partial charge in [0.25, 0.3) is 0 Å². The SMILES string of the molecule is CO/N=C(\[C-]=O)c1nsc(N)n1.[Y]. The third-order valence-corrected chi connectivity index (χ3v) is 1.48. The van der Waals surface area contributed by atoms with Crippen molar-refractivity contribution < 1.29 is 42.3 Å². The molecule has 8 heteroatoms. The van der Waals surface area contributed by atoms with E-state index in [9.17, 15) is 4.79 Å². The number of hydrogen-bond donors (Lipinski definition) is 1. The van der Waals surface area contributed by atoms with E-state index in [-0.39, 0.29) is 49.4 Å². The average molecular weight is 274 g/mol. The topological polar surface area (TPSA) is 90.5 Å². The number of nitrogens with zero attached hydrogens (tertiary/aromatic N) is 3. The van der Waals surface area contributed by atoms with E-state index in [1.807, 2.05) is 0 Å². The van der Waals surface area contributed by atoms with Crippen molar-refractivity contribution in [1.29, 1.82) is 0 Å². The second kappa shape index (κ2) is 6.12. The minimum atomic E-state index is -0.0922. The molecule has 0 spiro atoms. The van der Waals surface area contributed by atoms with Crippen LogP contribution in [-0.2, 0) is 42.3 Å². The molecule has 1 radical (unpaired) electrons. The van der Waals surface area contributed by atoms with Crippen LogP contribution in [0.2, 0.25) is 0 Å². The molecule has 0 saturated carbocycles. The van der Waals surface area contributed by atoms with E-state index in [0.29, 0.717) is 0 Å². The molecular weight excluding hydrogens is 269 g/mol. The Morgan fingerprint density at radius 3 is 2.85 bits per heavy atom. The zero-order chi connectivity index (χ0) is 8.97. The molecule has 1 rings (SSSR count). The number of nitrogens with two attached hydrogens (primary N) is 1. The first kappa shape index (κ1) is 12.6. The molecule has 67 valence electrons. The molecule has 0 unspecified atom stereocenters. The monoisotopic (exact) mass is 274 g/mol. The van der Waals surface area contributed by atoms with Crippen molar-refractivity contribution in [3.05, 3.63) is 5.82 Å². The second-order valence-corrected chi connectivity index (χ2v) is 2.46. The Labute approximate surface area is 104 Å². The molecule has 0 bridgehead atoms. The van der Waals surface area contributed by atoms with Gasteiger partial charge in [-0.15, -0.1) is 5.16 Å². The molecule has 0 aliphatic carbocycles. The minimum absolute atomic E-state index is 0. The van der Waals surface area contributed by atoms with Gasteiger partial charge in [0, 0.05) is 50.5 Å². The molecule has 13 heavy (non-hydrogen) atoms. The van der Waals surface area contributed by atoms with Crippen LogP contribution in [0.4, 0.5) is 5.13 Å². The van der Waals surface area contributed by atoms with Crippen molar-refractivity contribution in [3.8, 4) is 0 Å². The summed E-state index contributed by atoms with van der Waals surface area (Å²) in [6.07, 6.45) is 1.53. The predicted octanol–water partition coefficient (Wildman–Crippen LogP) is -0.422. The second-order valence-electron chi connectivity index (χ2n) is 1.68. The van der Waals surface area contributed by atoms with Crippen LogP contribution < -0.4 is 5.73 Å². The van der Waals surface area contributed by atoms with E-state index in [4.69, 9.17) is 5.73 Å². The van der Waals surface area contributed by atoms with Gasteiger partial charge in [0.05, 0.1) is 0 Å². The average Bonchev–Trinajstić information content (AvgIpc) is 2.47. The van der Waals surface area contributed by atoms with Gasteiger partial charge in [0.15, 0.2) is 5.13 Å². The Hall–Kier alpha value is -0.396. The summed E-state index contributed by atoms with van der Waals surface area (Å²) in [6, 6.07) is 0. The number of carbonyl (C=O) groups excluding carboxylic acids is 1. The summed E-state index contributed by atoms with van der Waals surface area (Å²) >= 11 is 0.975. The third kappa shape index (κ3) is 3.45. The quantitative estimate of drug-likeness (QED) is 0.459. The number of hydrogen-bond acceptors (Lipinski definition) is 7. The molecule has 1 aromatic heterocycles. The molecular formula is C5H5N4O2SY-. The minimum Gasteiger partial charge on any atom is -0.416 e. The Bertz CT molecular complexity index is 313. The van der Waals surface area contributed by atoms with Crippen LogP contribution in [0.25, 0.3) is 0 Å². The summed E-state index contributed by atoms with van der Waals surface area (Å²) in [4.78, 5) is 18.3. The third-order valence-electron chi connectivity index (χ3n) is 0.933. The first-order chi connectivity index (χ1) is 5.77. The van der Waals surface area contributed by atoms with Crippen molar-refractivity contribution >= 4 is 28.7 Å². The standard InChI is InChI=1S/C5H5N4O2S.Y/c1-11-8-3(2-10)4-7-5(6)12-9-4;/h1H3,(H2,6,7,9);/q-1;/b8-3+;. The summed E-state index contributed by atoms with van der Waals surface area (Å²) < 4.78 is 3.74. The van der Waals surface area contributed by atoms with Crippen LogP contribution in [0.15, 0.2) is 5.16 Å². The Balaban J connectivity index is 0.00000144. The summed E-state index contributed by atoms with van der Waals surface area (Å²) in [6.45, 7) is 0. The van der Waals surface area contributed by atoms with E-state index in [1.165, 1.54) is 13.4 Å². The van der Waals surface area contributed by atoms with Gasteiger partial charge in [-0.3, -0.25) is 9.36 Å². The van der Waals surface area contributed by atoms with Gasteiger partial charge in [-0.1, -0.05) is 0 Å². The molecule has 0 aliphatic heterocycles. The predicted molar refractivity (Wildman–Crippen MR) is 43.6 cm³/mol. The molecule has 0 aromatic carbocycles. The summed E-state index contributed by atoms with van der Waals surface area (Å²) in [5.41, 5.74) is 5.19. The molecule has 0 aliphatic rings. The maximum absolute atomic E-state index is 10.3. The van der Waals surface area contributed by atoms with Gasteiger partial charge in [-0.2, -0.15) is 0 Å². The molecule has 0 fully saturated rings. The van der Waals surface area contributed by atoms with E-state index in [0.717, 1.165) is 11.5 Å². The Kier molecular flexibility index (Phi) is 5.93. The zero-order valence-corrected chi connectivity index (χ0v) is 10.4. The number of anilines is 1. The number of aromatic nitrogens is 2. The fraction of sp³-hybridized carbons (Fsp3) is 0.200. The van der Waals surface area contributed by atoms with Crippen molar-refractivity contribution in [2.45, 2.75) is 0 Å². The molecule has 0 atom stereocenters. The normalized spacial score (nSPS) is 10.4. The zero-order valence-electron chi connectivity index (χ0n) is 6.72. The first-order valence-corrected chi connectivity index (χ1v) is 3.64. The largest absolute Gasteiger partial charge is 0.416 e. The van der Waals surface area contributed by atoms with Crippen LogP contribution in [-0.4, -0.2) is 28.5 Å². The van der Waals surface area contributed by atoms with Crippen molar-refractivity contribution in [1.82, 2.24) is 9.36 Å². The fourth-order valence-corrected chi connectivity index (χ4v) is 0.962. The molecule has 1 heterocycles. The van der Waals surface area contributed by atoms with Crippen molar-refractivity contribution in [3.63, 3.8) is 0 Å². The van der Waals surface area contributed by atoms with Crippen LogP contribution in [0.3, 0.4) is 0 Å². The summed E-state index contributed by atoms with van der Waals surface area (Å²) in [5.74, 6) is 0.134. The number of oxime groups is 1. The van der Waals surface area contributed by atoms with E-state index >= 15 is 0 Å². The van der Waals surface area contributed by atoms with Crippen LogP contribution >= 0.6 is 11.5 Å². The van der Waals surface area contributed by atoms with E-state index < -0.39 is 0 Å². The van der Waals surface area contributed by atoms with Gasteiger partial charge in [-0.25, -0.2) is 0 Å². The van der Waals surface area contributed by atoms with Crippen molar-refractivity contribution in [2.75, 3.05) is 12.8 Å². The van der Waals surface area contributed by atoms with Gasteiger partial charge in [-0.05, 0) is 11.5 Å². The van der Waals surface area contributed by atoms with Crippen LogP contribution in [0, 0.1) is 0 Å². The summed E-state index contributed by atoms with van der Waals surface area (Å²) in [7, 11) is 1.31. The molecule has 2 N–H and O–H groups in total. The fourth-order valence-electron chi connectivity index (χ4n) is 0.528. The van der Waals surface area contributed by atoms with Crippen LogP contribution in [0.1, 0.15) is 5.82 Å². The van der Waals surface area contributed by atoms with Gasteiger partial charge < -0.3 is 15.4 Å².